The molecule has 15 heteroatoms. The Hall–Kier alpha value is -2.32. The van der Waals surface area contributed by atoms with Crippen LogP contribution in [0.25, 0.3) is 17.2 Å². The van der Waals surface area contributed by atoms with Crippen LogP contribution in [-0.4, -0.2) is 50.0 Å². The molecule has 0 saturated carbocycles. The Morgan fingerprint density at radius 2 is 1.68 bits per heavy atom. The first kappa shape index (κ1) is 31.6. The Balaban J connectivity index is 1.72. The predicted octanol–water partition coefficient (Wildman–Crippen LogP) is 5.83. The van der Waals surface area contributed by atoms with Gasteiger partial charge in [0.15, 0.2) is 6.54 Å². The van der Waals surface area contributed by atoms with E-state index in [9.17, 15) is 21.4 Å². The number of hydrogen-bond acceptors (Lipinski definition) is 7. The van der Waals surface area contributed by atoms with Crippen LogP contribution in [0.1, 0.15) is 32.6 Å². The summed E-state index contributed by atoms with van der Waals surface area (Å²) >= 11 is 18.8. The Morgan fingerprint density at radius 3 is 2.29 bits per heavy atom. The number of halogens is 3. The first-order valence-electron chi connectivity index (χ1n) is 12.7. The van der Waals surface area contributed by atoms with Gasteiger partial charge in [-0.3, -0.25) is 9.11 Å². The van der Waals surface area contributed by atoms with E-state index < -0.39 is 31.2 Å². The van der Waals surface area contributed by atoms with Crippen LogP contribution in [0, 0.1) is 0 Å². The summed E-state index contributed by atoms with van der Waals surface area (Å²) in [5, 5.41) is 0.218. The number of anilines is 2. The van der Waals surface area contributed by atoms with E-state index in [2.05, 4.69) is 0 Å². The SMILES string of the molecule is CCN1/C(=C\C=C\c2oc3ccc(Cl)cc3[n+]2CCCS(=O)(=O)O)N(CCC(C)S(=O)(=O)O)c2cc(Cl)c(Cl)cc21. The fourth-order valence-electron chi connectivity index (χ4n) is 4.61. The van der Waals surface area contributed by atoms with Crippen molar-refractivity contribution >= 4 is 83.6 Å². The van der Waals surface area contributed by atoms with Crippen LogP contribution in [0.15, 0.2) is 52.7 Å². The molecule has 0 fully saturated rings. The lowest BCUT2D eigenvalue weighted by molar-refractivity contribution is -0.677. The zero-order valence-electron chi connectivity index (χ0n) is 22.2. The molecule has 4 rings (SSSR count). The monoisotopic (exact) mass is 664 g/mol. The maximum Gasteiger partial charge on any atom is 0.374 e. The van der Waals surface area contributed by atoms with Gasteiger partial charge in [0.2, 0.25) is 5.58 Å². The zero-order chi connectivity index (χ0) is 30.1. The number of benzene rings is 2. The summed E-state index contributed by atoms with van der Waals surface area (Å²) in [5.41, 5.74) is 2.73. The normalized spacial score (nSPS) is 15.9. The third-order valence-corrected chi connectivity index (χ3v) is 9.71. The molecule has 1 aliphatic rings. The number of oxazole rings is 1. The highest BCUT2D eigenvalue weighted by atomic mass is 35.5. The smallest absolute Gasteiger partial charge is 0.374 e. The third kappa shape index (κ3) is 7.37. The number of fused-ring (bicyclic) bond motifs is 2. The van der Waals surface area contributed by atoms with E-state index in [1.807, 2.05) is 22.8 Å². The molecule has 3 aromatic rings. The topological polar surface area (TPSA) is 132 Å². The summed E-state index contributed by atoms with van der Waals surface area (Å²) in [6.45, 7) is 4.47. The average Bonchev–Trinajstić information content (AvgIpc) is 3.35. The van der Waals surface area contributed by atoms with Gasteiger partial charge in [-0.2, -0.15) is 21.4 Å². The molecule has 1 aliphatic heterocycles. The average molecular weight is 666 g/mol. The molecule has 0 bridgehead atoms. The number of aromatic nitrogens is 1. The largest absolute Gasteiger partial charge is 0.398 e. The highest BCUT2D eigenvalue weighted by Gasteiger charge is 2.32. The molecule has 1 aromatic heterocycles. The lowest BCUT2D eigenvalue weighted by Gasteiger charge is -2.25. The summed E-state index contributed by atoms with van der Waals surface area (Å²) < 4.78 is 72.3. The highest BCUT2D eigenvalue weighted by Crippen LogP contribution is 2.45. The summed E-state index contributed by atoms with van der Waals surface area (Å²) in [5.74, 6) is 0.731. The lowest BCUT2D eigenvalue weighted by atomic mass is 10.2. The lowest BCUT2D eigenvalue weighted by Crippen LogP contribution is -2.36. The van der Waals surface area contributed by atoms with E-state index in [1.165, 1.54) is 6.92 Å². The van der Waals surface area contributed by atoms with E-state index in [-0.39, 0.29) is 25.9 Å². The molecule has 222 valence electrons. The van der Waals surface area contributed by atoms with Crippen molar-refractivity contribution in [2.75, 3.05) is 28.6 Å². The van der Waals surface area contributed by atoms with Gasteiger partial charge in [0.25, 0.3) is 25.8 Å². The molecule has 0 spiro atoms. The quantitative estimate of drug-likeness (QED) is 0.192. The molecule has 0 saturated heterocycles. The van der Waals surface area contributed by atoms with Gasteiger partial charge in [0.05, 0.1) is 38.5 Å². The summed E-state index contributed by atoms with van der Waals surface area (Å²) in [6.07, 6.45) is 5.59. The predicted molar refractivity (Wildman–Crippen MR) is 162 cm³/mol. The van der Waals surface area contributed by atoms with E-state index in [4.69, 9.17) is 43.8 Å². The minimum atomic E-state index is -4.21. The number of allylic oxidation sites excluding steroid dienone is 2. The molecule has 2 aromatic carbocycles. The maximum atomic E-state index is 11.7. The standard InChI is InChI=1S/C26H28Cl3N3O7S2/c1-3-30-21-15-19(28)20(29)16-22(21)31(12-10-17(2)41(36,37)38)25(30)6-4-7-26-32(11-5-13-40(33,34)35)23-14-18(27)8-9-24(23)39-26/h4,6-9,14-17H,3,5,10-13H2,1-2H3,(H-,33,34,35,36,37,38)/p+1. The number of rotatable bonds is 11. The second-order valence-corrected chi connectivity index (χ2v) is 14.2. The Bertz CT molecular complexity index is 1740. The second kappa shape index (κ2) is 12.5. The summed E-state index contributed by atoms with van der Waals surface area (Å²) in [4.78, 5) is 3.91. The highest BCUT2D eigenvalue weighted by molar-refractivity contribution is 7.86. The number of hydrogen-bond donors (Lipinski definition) is 2. The van der Waals surface area contributed by atoms with Gasteiger partial charge in [0.1, 0.15) is 5.82 Å². The molecule has 0 aliphatic carbocycles. The van der Waals surface area contributed by atoms with Crippen molar-refractivity contribution in [2.24, 2.45) is 0 Å². The van der Waals surface area contributed by atoms with Crippen molar-refractivity contribution in [3.05, 3.63) is 69.3 Å². The van der Waals surface area contributed by atoms with Crippen LogP contribution in [0.2, 0.25) is 15.1 Å². The van der Waals surface area contributed by atoms with Crippen molar-refractivity contribution < 1.29 is 34.9 Å². The van der Waals surface area contributed by atoms with E-state index in [0.29, 0.717) is 38.6 Å². The van der Waals surface area contributed by atoms with Gasteiger partial charge in [-0.25, -0.2) is 0 Å². The van der Waals surface area contributed by atoms with E-state index >= 15 is 0 Å². The molecular weight excluding hydrogens is 637 g/mol. The van der Waals surface area contributed by atoms with Crippen molar-refractivity contribution in [3.63, 3.8) is 0 Å². The van der Waals surface area contributed by atoms with Crippen LogP contribution in [0.3, 0.4) is 0 Å². The van der Waals surface area contributed by atoms with Crippen LogP contribution in [0.4, 0.5) is 11.4 Å². The molecule has 10 nitrogen and oxygen atoms in total. The maximum absolute atomic E-state index is 11.7. The van der Waals surface area contributed by atoms with Gasteiger partial charge >= 0.3 is 5.89 Å². The molecule has 0 amide bonds. The first-order valence-corrected chi connectivity index (χ1v) is 16.9. The Morgan fingerprint density at radius 1 is 1.02 bits per heavy atom. The molecule has 0 radical (unpaired) electrons. The number of nitrogens with zero attached hydrogens (tertiary/aromatic N) is 3. The van der Waals surface area contributed by atoms with Crippen molar-refractivity contribution in [2.45, 2.75) is 38.5 Å². The van der Waals surface area contributed by atoms with E-state index in [1.54, 1.807) is 47.1 Å². The van der Waals surface area contributed by atoms with Gasteiger partial charge in [-0.05, 0) is 56.7 Å². The van der Waals surface area contributed by atoms with Crippen LogP contribution in [0.5, 0.6) is 0 Å². The zero-order valence-corrected chi connectivity index (χ0v) is 26.1. The van der Waals surface area contributed by atoms with E-state index in [0.717, 1.165) is 17.2 Å². The minimum Gasteiger partial charge on any atom is -0.398 e. The summed E-state index contributed by atoms with van der Waals surface area (Å²) in [7, 11) is -8.34. The number of aryl methyl sites for hydroxylation is 1. The van der Waals surface area contributed by atoms with Crippen LogP contribution < -0.4 is 14.4 Å². The van der Waals surface area contributed by atoms with Gasteiger partial charge < -0.3 is 14.2 Å². The molecule has 41 heavy (non-hydrogen) atoms. The molecular formula is C26H29Cl3N3O7S2+. The molecule has 2 N–H and O–H groups in total. The van der Waals surface area contributed by atoms with Gasteiger partial charge in [0, 0.05) is 30.6 Å². The molecule has 1 atom stereocenters. The third-order valence-electron chi connectivity index (χ3n) is 6.70. The first-order chi connectivity index (χ1) is 19.2. The summed E-state index contributed by atoms with van der Waals surface area (Å²) in [6, 6.07) is 8.57. The van der Waals surface area contributed by atoms with Crippen LogP contribution in [-0.2, 0) is 26.8 Å². The van der Waals surface area contributed by atoms with Gasteiger partial charge in [-0.1, -0.05) is 34.8 Å². The minimum absolute atomic E-state index is 0.146. The molecule has 1 unspecified atom stereocenters. The second-order valence-electron chi connectivity index (χ2n) is 9.49. The van der Waals surface area contributed by atoms with Crippen LogP contribution >= 0.6 is 34.8 Å². The fourth-order valence-corrected chi connectivity index (χ4v) is 5.99. The Labute approximate surface area is 253 Å². The van der Waals surface area contributed by atoms with Crippen molar-refractivity contribution in [3.8, 4) is 0 Å². The Kier molecular flexibility index (Phi) is 9.64. The van der Waals surface area contributed by atoms with Crippen molar-refractivity contribution in [1.82, 2.24) is 0 Å². The molecule has 2 heterocycles. The van der Waals surface area contributed by atoms with Gasteiger partial charge in [-0.15, -0.1) is 0 Å². The van der Waals surface area contributed by atoms with Crippen molar-refractivity contribution in [1.29, 1.82) is 0 Å². The fraction of sp³-hybridized carbons (Fsp3) is 0.346.